The van der Waals surface area contributed by atoms with E-state index in [2.05, 4.69) is 29.2 Å². The Bertz CT molecular complexity index is 699. The van der Waals surface area contributed by atoms with Gasteiger partial charge < -0.3 is 15.2 Å². The molecule has 2 aromatic rings. The van der Waals surface area contributed by atoms with Crippen molar-refractivity contribution in [2.45, 2.75) is 26.1 Å². The lowest BCUT2D eigenvalue weighted by Gasteiger charge is -2.30. The maximum Gasteiger partial charge on any atom is 0.189 e. The van der Waals surface area contributed by atoms with Crippen LogP contribution in [0.4, 0.5) is 5.69 Å². The molecular weight excluding hydrogens is 276 g/mol. The molecular formula is C18H20N2O2. The van der Waals surface area contributed by atoms with Gasteiger partial charge in [0.25, 0.3) is 0 Å². The molecule has 0 unspecified atom stereocenters. The van der Waals surface area contributed by atoms with E-state index in [-0.39, 0.29) is 0 Å². The van der Waals surface area contributed by atoms with E-state index in [1.165, 1.54) is 11.1 Å². The summed E-state index contributed by atoms with van der Waals surface area (Å²) in [5.74, 6) is 0.958. The Morgan fingerprint density at radius 1 is 1.09 bits per heavy atom. The zero-order valence-electron chi connectivity index (χ0n) is 12.5. The smallest absolute Gasteiger partial charge is 0.189 e. The quantitative estimate of drug-likeness (QED) is 0.866. The van der Waals surface area contributed by atoms with E-state index < -0.39 is 0 Å². The predicted octanol–water partition coefficient (Wildman–Crippen LogP) is 2.69. The van der Waals surface area contributed by atoms with Gasteiger partial charge in [-0.3, -0.25) is 4.90 Å². The Balaban J connectivity index is 1.58. The molecule has 0 saturated carbocycles. The first kappa shape index (κ1) is 13.6. The Labute approximate surface area is 130 Å². The van der Waals surface area contributed by atoms with E-state index >= 15 is 0 Å². The summed E-state index contributed by atoms with van der Waals surface area (Å²) in [7, 11) is 0. The van der Waals surface area contributed by atoms with Crippen molar-refractivity contribution < 1.29 is 9.47 Å². The van der Waals surface area contributed by atoms with Crippen LogP contribution in [0.5, 0.6) is 5.75 Å². The van der Waals surface area contributed by atoms with Gasteiger partial charge in [-0.05, 0) is 29.7 Å². The van der Waals surface area contributed by atoms with Crippen molar-refractivity contribution in [1.29, 1.82) is 0 Å². The van der Waals surface area contributed by atoms with E-state index in [9.17, 15) is 0 Å². The number of benzene rings is 2. The van der Waals surface area contributed by atoms with E-state index in [1.807, 2.05) is 12.1 Å². The van der Waals surface area contributed by atoms with Crippen molar-refractivity contribution in [2.75, 3.05) is 19.1 Å². The first-order valence-corrected chi connectivity index (χ1v) is 7.70. The number of hydrogen-bond donors (Lipinski definition) is 1. The third-order valence-electron chi connectivity index (χ3n) is 4.41. The molecule has 0 fully saturated rings. The van der Waals surface area contributed by atoms with Crippen molar-refractivity contribution in [3.8, 4) is 5.75 Å². The number of anilines is 1. The molecule has 0 atom stereocenters. The minimum Gasteiger partial charge on any atom is -0.467 e. The molecule has 0 aliphatic carbocycles. The maximum atomic E-state index is 6.03. The highest BCUT2D eigenvalue weighted by molar-refractivity contribution is 5.53. The molecule has 0 bridgehead atoms. The van der Waals surface area contributed by atoms with Gasteiger partial charge in [-0.15, -0.1) is 0 Å². The van der Waals surface area contributed by atoms with Gasteiger partial charge in [0.05, 0.1) is 6.61 Å². The Kier molecular flexibility index (Phi) is 3.48. The van der Waals surface area contributed by atoms with E-state index in [1.54, 1.807) is 0 Å². The van der Waals surface area contributed by atoms with Crippen LogP contribution in [0.2, 0.25) is 0 Å². The number of nitrogens with zero attached hydrogens (tertiary/aromatic N) is 1. The molecule has 4 rings (SSSR count). The average molecular weight is 296 g/mol. The van der Waals surface area contributed by atoms with Crippen LogP contribution in [0.3, 0.4) is 0 Å². The molecule has 0 radical (unpaired) electrons. The average Bonchev–Trinajstić information content (AvgIpc) is 2.54. The van der Waals surface area contributed by atoms with Crippen LogP contribution < -0.4 is 10.5 Å². The Hall–Kier alpha value is -2.04. The van der Waals surface area contributed by atoms with Gasteiger partial charge in [0.2, 0.25) is 0 Å². The number of ether oxygens (including phenoxy) is 2. The van der Waals surface area contributed by atoms with Crippen LogP contribution in [0.15, 0.2) is 36.4 Å². The van der Waals surface area contributed by atoms with Gasteiger partial charge in [-0.1, -0.05) is 24.3 Å². The van der Waals surface area contributed by atoms with Crippen molar-refractivity contribution in [1.82, 2.24) is 4.90 Å². The molecule has 2 aliphatic rings. The Morgan fingerprint density at radius 2 is 1.95 bits per heavy atom. The van der Waals surface area contributed by atoms with Crippen LogP contribution in [0.1, 0.15) is 22.3 Å². The number of nitrogens with two attached hydrogens (primary N) is 1. The monoisotopic (exact) mass is 296 g/mol. The molecule has 22 heavy (non-hydrogen) atoms. The largest absolute Gasteiger partial charge is 0.467 e. The van der Waals surface area contributed by atoms with E-state index in [0.29, 0.717) is 13.4 Å². The molecule has 2 aliphatic heterocycles. The summed E-state index contributed by atoms with van der Waals surface area (Å²) in [6, 6.07) is 12.7. The van der Waals surface area contributed by atoms with E-state index in [4.69, 9.17) is 15.2 Å². The zero-order valence-corrected chi connectivity index (χ0v) is 12.5. The minimum absolute atomic E-state index is 0.326. The summed E-state index contributed by atoms with van der Waals surface area (Å²) >= 11 is 0. The molecule has 0 spiro atoms. The summed E-state index contributed by atoms with van der Waals surface area (Å²) in [4.78, 5) is 2.45. The number of rotatable bonds is 2. The fraction of sp³-hybridized carbons (Fsp3) is 0.333. The fourth-order valence-corrected chi connectivity index (χ4v) is 3.37. The van der Waals surface area contributed by atoms with Gasteiger partial charge in [0.1, 0.15) is 5.75 Å². The lowest BCUT2D eigenvalue weighted by Crippen LogP contribution is -2.30. The normalized spacial score (nSPS) is 17.5. The highest BCUT2D eigenvalue weighted by Crippen LogP contribution is 2.32. The summed E-state index contributed by atoms with van der Waals surface area (Å²) in [5, 5.41) is 0. The van der Waals surface area contributed by atoms with Crippen molar-refractivity contribution in [3.05, 3.63) is 58.7 Å². The lowest BCUT2D eigenvalue weighted by atomic mass is 9.99. The molecule has 0 aromatic heterocycles. The standard InChI is InChI=1S/C18H20N2O2/c19-17-7-15(18-16(8-17)11-21-12-22-18)10-20-6-5-13-3-1-2-4-14(13)9-20/h1-4,7-8H,5-6,9-12,19H2. The van der Waals surface area contributed by atoms with Gasteiger partial charge in [0.15, 0.2) is 6.79 Å². The van der Waals surface area contributed by atoms with Crippen LogP contribution in [-0.2, 0) is 30.9 Å². The zero-order chi connectivity index (χ0) is 14.9. The highest BCUT2D eigenvalue weighted by atomic mass is 16.7. The number of hydrogen-bond acceptors (Lipinski definition) is 4. The van der Waals surface area contributed by atoms with Crippen LogP contribution >= 0.6 is 0 Å². The number of fused-ring (bicyclic) bond motifs is 2. The van der Waals surface area contributed by atoms with Crippen molar-refractivity contribution in [3.63, 3.8) is 0 Å². The van der Waals surface area contributed by atoms with Gasteiger partial charge in [-0.25, -0.2) is 0 Å². The van der Waals surface area contributed by atoms with Crippen molar-refractivity contribution in [2.24, 2.45) is 0 Å². The SMILES string of the molecule is Nc1cc2c(c(CN3CCc4ccccc4C3)c1)OCOC2. The van der Waals surface area contributed by atoms with Gasteiger partial charge in [0, 0.05) is 36.4 Å². The molecule has 4 nitrogen and oxygen atoms in total. The number of nitrogen functional groups attached to an aromatic ring is 1. The van der Waals surface area contributed by atoms with Crippen molar-refractivity contribution >= 4 is 5.69 Å². The molecule has 0 amide bonds. The summed E-state index contributed by atoms with van der Waals surface area (Å²) < 4.78 is 11.1. The van der Waals surface area contributed by atoms with Crippen LogP contribution in [0.25, 0.3) is 0 Å². The first-order valence-electron chi connectivity index (χ1n) is 7.70. The summed E-state index contributed by atoms with van der Waals surface area (Å²) in [5.41, 5.74) is 11.9. The molecule has 0 saturated heterocycles. The molecule has 114 valence electrons. The van der Waals surface area contributed by atoms with Gasteiger partial charge in [-0.2, -0.15) is 0 Å². The first-order chi connectivity index (χ1) is 10.8. The highest BCUT2D eigenvalue weighted by Gasteiger charge is 2.20. The fourth-order valence-electron chi connectivity index (χ4n) is 3.37. The molecule has 2 N–H and O–H groups in total. The topological polar surface area (TPSA) is 47.7 Å². The van der Waals surface area contributed by atoms with Crippen LogP contribution in [0, 0.1) is 0 Å². The molecule has 2 aromatic carbocycles. The van der Waals surface area contributed by atoms with Gasteiger partial charge >= 0.3 is 0 Å². The third kappa shape index (κ3) is 2.56. The summed E-state index contributed by atoms with van der Waals surface area (Å²) in [6.07, 6.45) is 1.10. The molecule has 2 heterocycles. The van der Waals surface area contributed by atoms with E-state index in [0.717, 1.165) is 48.6 Å². The summed E-state index contributed by atoms with van der Waals surface area (Å²) in [6.45, 7) is 3.82. The Morgan fingerprint density at radius 3 is 2.86 bits per heavy atom. The molecule has 4 heteroatoms. The maximum absolute atomic E-state index is 6.03. The second kappa shape index (κ2) is 5.63. The lowest BCUT2D eigenvalue weighted by molar-refractivity contribution is -0.0174. The van der Waals surface area contributed by atoms with Crippen LogP contribution in [-0.4, -0.2) is 18.2 Å². The second-order valence-electron chi connectivity index (χ2n) is 6.01. The second-order valence-corrected chi connectivity index (χ2v) is 6.01. The third-order valence-corrected chi connectivity index (χ3v) is 4.41. The predicted molar refractivity (Wildman–Crippen MR) is 85.4 cm³/mol. The minimum atomic E-state index is 0.326.